The van der Waals surface area contributed by atoms with Gasteiger partial charge < -0.3 is 4.74 Å². The number of hydrogen-bond acceptors (Lipinski definition) is 5. The number of amides is 1. The first-order valence-electron chi connectivity index (χ1n) is 9.53. The van der Waals surface area contributed by atoms with Gasteiger partial charge in [0.25, 0.3) is 5.91 Å². The van der Waals surface area contributed by atoms with Crippen molar-refractivity contribution in [3.8, 4) is 5.75 Å². The topological polar surface area (TPSA) is 29.5 Å². The number of thiocarbonyl (C=S) groups is 1. The van der Waals surface area contributed by atoms with E-state index in [1.54, 1.807) is 34.9 Å². The fourth-order valence-electron chi connectivity index (χ4n) is 3.09. The lowest BCUT2D eigenvalue weighted by atomic mass is 10.1. The first-order chi connectivity index (χ1) is 15.4. The molecule has 0 spiro atoms. The molecule has 1 fully saturated rings. The molecule has 4 rings (SSSR count). The summed E-state index contributed by atoms with van der Waals surface area (Å²) in [5, 5.41) is 0. The first-order valence-corrected chi connectivity index (χ1v) is 12.8. The molecule has 1 amide bonds. The fraction of sp³-hybridized carbons (Fsp3) is 0.0833. The highest BCUT2D eigenvalue weighted by atomic mass is 79.9. The van der Waals surface area contributed by atoms with Crippen molar-refractivity contribution in [2.45, 2.75) is 11.5 Å². The monoisotopic (exact) mass is 545 g/mol. The highest BCUT2D eigenvalue weighted by Crippen LogP contribution is 2.38. The minimum absolute atomic E-state index is 0.164. The van der Waals surface area contributed by atoms with Gasteiger partial charge in [-0.2, -0.15) is 0 Å². The summed E-state index contributed by atoms with van der Waals surface area (Å²) in [6.45, 7) is 0.283. The van der Waals surface area contributed by atoms with Crippen LogP contribution >= 0.6 is 51.7 Å². The predicted octanol–water partition coefficient (Wildman–Crippen LogP) is 7.29. The van der Waals surface area contributed by atoms with Gasteiger partial charge in [0.15, 0.2) is 4.32 Å². The Morgan fingerprint density at radius 3 is 2.69 bits per heavy atom. The summed E-state index contributed by atoms with van der Waals surface area (Å²) in [6.07, 6.45) is 3.78. The van der Waals surface area contributed by atoms with Gasteiger partial charge in [-0.3, -0.25) is 9.69 Å². The van der Waals surface area contributed by atoms with Crippen molar-refractivity contribution in [1.82, 2.24) is 0 Å². The molecule has 0 atom stereocenters. The van der Waals surface area contributed by atoms with E-state index >= 15 is 0 Å². The van der Waals surface area contributed by atoms with Gasteiger partial charge in [-0.25, -0.2) is 4.39 Å². The zero-order chi connectivity index (χ0) is 22.7. The van der Waals surface area contributed by atoms with Gasteiger partial charge in [0.05, 0.1) is 10.6 Å². The van der Waals surface area contributed by atoms with Gasteiger partial charge in [0, 0.05) is 14.9 Å². The Balaban J connectivity index is 1.60. The Bertz CT molecular complexity index is 1210. The quantitative estimate of drug-likeness (QED) is 0.184. The van der Waals surface area contributed by atoms with E-state index in [1.165, 1.54) is 23.9 Å². The minimum atomic E-state index is -0.289. The van der Waals surface area contributed by atoms with Gasteiger partial charge in [0.2, 0.25) is 0 Å². The molecule has 162 valence electrons. The molecular formula is C24H17BrFNO2S3. The van der Waals surface area contributed by atoms with Gasteiger partial charge >= 0.3 is 0 Å². The highest BCUT2D eigenvalue weighted by Gasteiger charge is 2.33. The van der Waals surface area contributed by atoms with Crippen molar-refractivity contribution in [3.63, 3.8) is 0 Å². The van der Waals surface area contributed by atoms with Crippen molar-refractivity contribution in [1.29, 1.82) is 0 Å². The summed E-state index contributed by atoms with van der Waals surface area (Å²) >= 11 is 11.9. The molecule has 0 bridgehead atoms. The molecule has 0 unspecified atom stereocenters. The predicted molar refractivity (Wildman–Crippen MR) is 139 cm³/mol. The summed E-state index contributed by atoms with van der Waals surface area (Å²) in [5.41, 5.74) is 2.35. The number of hydrogen-bond donors (Lipinski definition) is 0. The molecule has 0 saturated carbocycles. The van der Waals surface area contributed by atoms with Gasteiger partial charge in [-0.15, -0.1) is 11.8 Å². The van der Waals surface area contributed by atoms with Crippen molar-refractivity contribution in [2.75, 3.05) is 11.2 Å². The van der Waals surface area contributed by atoms with E-state index in [2.05, 4.69) is 15.9 Å². The molecule has 1 heterocycles. The average molecular weight is 547 g/mol. The van der Waals surface area contributed by atoms with Crippen LogP contribution in [-0.4, -0.2) is 16.5 Å². The molecular weight excluding hydrogens is 529 g/mol. The van der Waals surface area contributed by atoms with Crippen LogP contribution in [0.15, 0.2) is 81.0 Å². The number of anilines is 1. The third-order valence-corrected chi connectivity index (χ3v) is 7.19. The van der Waals surface area contributed by atoms with E-state index in [9.17, 15) is 9.18 Å². The summed E-state index contributed by atoms with van der Waals surface area (Å²) in [5.74, 6) is 0.165. The number of ether oxygens (including phenoxy) is 1. The number of rotatable bonds is 6. The summed E-state index contributed by atoms with van der Waals surface area (Å²) < 4.78 is 20.5. The standard InChI is InChI=1S/C24H17BrFNO2S3/c1-31-20-4-2-3-19(13-20)27-23(28)22(32-24(27)30)12-16-11-17(25)7-10-21(16)29-14-15-5-8-18(26)9-6-15/h2-13H,14H2,1H3/b22-12-. The Morgan fingerprint density at radius 2 is 1.94 bits per heavy atom. The van der Waals surface area contributed by atoms with Gasteiger partial charge in [-0.05, 0) is 66.4 Å². The Labute approximate surface area is 208 Å². The zero-order valence-corrected chi connectivity index (χ0v) is 20.9. The lowest BCUT2D eigenvalue weighted by Crippen LogP contribution is -2.27. The highest BCUT2D eigenvalue weighted by molar-refractivity contribution is 9.10. The number of thioether (sulfide) groups is 2. The van der Waals surface area contributed by atoms with Crippen molar-refractivity contribution < 1.29 is 13.9 Å². The van der Waals surface area contributed by atoms with Crippen LogP contribution < -0.4 is 9.64 Å². The third kappa shape index (κ3) is 5.26. The average Bonchev–Trinajstić information content (AvgIpc) is 3.07. The van der Waals surface area contributed by atoms with E-state index in [0.717, 1.165) is 26.2 Å². The van der Waals surface area contributed by atoms with E-state index in [4.69, 9.17) is 17.0 Å². The Kier molecular flexibility index (Phi) is 7.35. The molecule has 0 N–H and O–H groups in total. The maximum Gasteiger partial charge on any atom is 0.270 e. The molecule has 0 radical (unpaired) electrons. The normalized spacial score (nSPS) is 15.0. The van der Waals surface area contributed by atoms with E-state index in [-0.39, 0.29) is 18.3 Å². The smallest absolute Gasteiger partial charge is 0.270 e. The van der Waals surface area contributed by atoms with Crippen LogP contribution in [0, 0.1) is 5.82 Å². The van der Waals surface area contributed by atoms with Crippen LogP contribution in [0.3, 0.4) is 0 Å². The van der Waals surface area contributed by atoms with Crippen LogP contribution in [-0.2, 0) is 11.4 Å². The van der Waals surface area contributed by atoms with E-state index < -0.39 is 0 Å². The molecule has 32 heavy (non-hydrogen) atoms. The Morgan fingerprint density at radius 1 is 1.16 bits per heavy atom. The second kappa shape index (κ2) is 10.2. The van der Waals surface area contributed by atoms with Crippen molar-refractivity contribution >= 4 is 73.7 Å². The molecule has 1 aliphatic heterocycles. The molecule has 0 aromatic heterocycles. The van der Waals surface area contributed by atoms with Crippen molar-refractivity contribution in [3.05, 3.63) is 93.1 Å². The van der Waals surface area contributed by atoms with Gasteiger partial charge in [0.1, 0.15) is 18.2 Å². The lowest BCUT2D eigenvalue weighted by Gasteiger charge is -2.15. The molecule has 8 heteroatoms. The van der Waals surface area contributed by atoms with Crippen LogP contribution in [0.2, 0.25) is 0 Å². The van der Waals surface area contributed by atoms with E-state index in [0.29, 0.717) is 15.0 Å². The first kappa shape index (κ1) is 23.0. The maximum atomic E-state index is 13.2. The minimum Gasteiger partial charge on any atom is -0.488 e. The molecule has 0 aliphatic carbocycles. The van der Waals surface area contributed by atoms with Crippen LogP contribution in [0.4, 0.5) is 10.1 Å². The van der Waals surface area contributed by atoms with E-state index in [1.807, 2.05) is 48.7 Å². The largest absolute Gasteiger partial charge is 0.488 e. The number of nitrogens with zero attached hydrogens (tertiary/aromatic N) is 1. The molecule has 3 aromatic carbocycles. The van der Waals surface area contributed by atoms with Gasteiger partial charge in [-0.1, -0.05) is 58.1 Å². The van der Waals surface area contributed by atoms with Crippen LogP contribution in [0.5, 0.6) is 5.75 Å². The molecule has 1 aliphatic rings. The maximum absolute atomic E-state index is 13.2. The number of carbonyl (C=O) groups excluding carboxylic acids is 1. The molecule has 1 saturated heterocycles. The summed E-state index contributed by atoms with van der Waals surface area (Å²) in [4.78, 5) is 16.3. The summed E-state index contributed by atoms with van der Waals surface area (Å²) in [7, 11) is 0. The van der Waals surface area contributed by atoms with Crippen LogP contribution in [0.1, 0.15) is 11.1 Å². The number of carbonyl (C=O) groups is 1. The Hall–Kier alpha value is -2.13. The van der Waals surface area contributed by atoms with Crippen molar-refractivity contribution in [2.24, 2.45) is 0 Å². The number of halogens is 2. The summed E-state index contributed by atoms with van der Waals surface area (Å²) in [6, 6.07) is 19.5. The second-order valence-electron chi connectivity index (χ2n) is 6.82. The molecule has 3 nitrogen and oxygen atoms in total. The lowest BCUT2D eigenvalue weighted by molar-refractivity contribution is -0.113. The van der Waals surface area contributed by atoms with Crippen LogP contribution in [0.25, 0.3) is 6.08 Å². The SMILES string of the molecule is CSc1cccc(N2C(=O)/C(=C/c3cc(Br)ccc3OCc3ccc(F)cc3)SC2=S)c1. The molecule has 3 aromatic rings. The zero-order valence-electron chi connectivity index (χ0n) is 16.9. The fourth-order valence-corrected chi connectivity index (χ4v) is 5.21. The third-order valence-electron chi connectivity index (χ3n) is 4.67. The second-order valence-corrected chi connectivity index (χ2v) is 10.3. The number of benzene rings is 3.